The zero-order valence-corrected chi connectivity index (χ0v) is 4.55. The molecular weight excluding hydrogens is 108 g/mol. The molecular formula is C5H8O3. The second kappa shape index (κ2) is 2.67. The van der Waals surface area contributed by atoms with Crippen molar-refractivity contribution in [2.75, 3.05) is 13.4 Å². The van der Waals surface area contributed by atoms with Gasteiger partial charge < -0.3 is 9.47 Å². The zero-order chi connectivity index (χ0) is 5.82. The Hall–Kier alpha value is -0.570. The molecule has 0 aromatic rings. The van der Waals surface area contributed by atoms with E-state index in [0.717, 1.165) is 6.42 Å². The van der Waals surface area contributed by atoms with Crippen molar-refractivity contribution in [1.29, 1.82) is 0 Å². The van der Waals surface area contributed by atoms with Crippen LogP contribution >= 0.6 is 0 Å². The van der Waals surface area contributed by atoms with Gasteiger partial charge in [0.05, 0.1) is 6.61 Å². The molecule has 1 heterocycles. The van der Waals surface area contributed by atoms with Crippen molar-refractivity contribution in [2.24, 2.45) is 0 Å². The number of hydrogen-bond donors (Lipinski definition) is 0. The molecule has 0 aromatic carbocycles. The Morgan fingerprint density at radius 1 is 1.50 bits per heavy atom. The molecule has 1 aliphatic heterocycles. The molecule has 3 nitrogen and oxygen atoms in total. The molecule has 0 atom stereocenters. The summed E-state index contributed by atoms with van der Waals surface area (Å²) >= 11 is 0. The van der Waals surface area contributed by atoms with E-state index >= 15 is 0 Å². The van der Waals surface area contributed by atoms with Gasteiger partial charge in [-0.2, -0.15) is 0 Å². The molecule has 0 aliphatic carbocycles. The summed E-state index contributed by atoms with van der Waals surface area (Å²) in [5.74, 6) is -0.150. The van der Waals surface area contributed by atoms with Crippen LogP contribution in [0.5, 0.6) is 0 Å². The Morgan fingerprint density at radius 2 is 2.38 bits per heavy atom. The molecule has 1 fully saturated rings. The Balaban J connectivity index is 2.27. The Bertz CT molecular complexity index is 79.7. The van der Waals surface area contributed by atoms with E-state index in [1.807, 2.05) is 0 Å². The standard InChI is InChI=1S/C5H8O3/c6-5-2-1-3-7-4-8-5/h1-4H2. The van der Waals surface area contributed by atoms with Gasteiger partial charge in [-0.3, -0.25) is 4.79 Å². The smallest absolute Gasteiger partial charge is 0.307 e. The summed E-state index contributed by atoms with van der Waals surface area (Å²) in [7, 11) is 0. The number of carbonyl (C=O) groups excluding carboxylic acids is 1. The van der Waals surface area contributed by atoms with Crippen molar-refractivity contribution >= 4 is 5.97 Å². The van der Waals surface area contributed by atoms with E-state index in [0.29, 0.717) is 13.0 Å². The molecule has 8 heavy (non-hydrogen) atoms. The summed E-state index contributed by atoms with van der Waals surface area (Å²) < 4.78 is 9.36. The summed E-state index contributed by atoms with van der Waals surface area (Å²) in [4.78, 5) is 10.4. The number of hydrogen-bond acceptors (Lipinski definition) is 3. The van der Waals surface area contributed by atoms with E-state index in [2.05, 4.69) is 4.74 Å². The predicted octanol–water partition coefficient (Wildman–Crippen LogP) is 0.297. The van der Waals surface area contributed by atoms with Gasteiger partial charge >= 0.3 is 5.97 Å². The minimum absolute atomic E-state index is 0.138. The molecule has 0 spiro atoms. The van der Waals surface area contributed by atoms with Gasteiger partial charge in [-0.05, 0) is 6.42 Å². The number of ether oxygens (including phenoxy) is 2. The highest BCUT2D eigenvalue weighted by atomic mass is 16.7. The van der Waals surface area contributed by atoms with Crippen LogP contribution < -0.4 is 0 Å². The molecule has 1 saturated heterocycles. The quantitative estimate of drug-likeness (QED) is 0.427. The molecule has 1 aliphatic rings. The van der Waals surface area contributed by atoms with Gasteiger partial charge in [0.2, 0.25) is 0 Å². The SMILES string of the molecule is O=C1CCCOCO1. The van der Waals surface area contributed by atoms with Gasteiger partial charge in [-0.25, -0.2) is 0 Å². The first-order chi connectivity index (χ1) is 3.89. The number of cyclic esters (lactones) is 1. The molecule has 0 unspecified atom stereocenters. The van der Waals surface area contributed by atoms with Crippen LogP contribution in [0.2, 0.25) is 0 Å². The van der Waals surface area contributed by atoms with E-state index in [9.17, 15) is 4.79 Å². The van der Waals surface area contributed by atoms with Crippen LogP contribution in [0.25, 0.3) is 0 Å². The molecule has 1 rings (SSSR count). The van der Waals surface area contributed by atoms with E-state index in [1.165, 1.54) is 0 Å². The molecule has 0 saturated carbocycles. The molecule has 0 radical (unpaired) electrons. The van der Waals surface area contributed by atoms with Crippen molar-refractivity contribution in [1.82, 2.24) is 0 Å². The highest BCUT2D eigenvalue weighted by Crippen LogP contribution is 1.98. The fourth-order valence-corrected chi connectivity index (χ4v) is 0.557. The lowest BCUT2D eigenvalue weighted by Crippen LogP contribution is -2.01. The Morgan fingerprint density at radius 3 is 3.25 bits per heavy atom. The molecule has 46 valence electrons. The fourth-order valence-electron chi connectivity index (χ4n) is 0.557. The fraction of sp³-hybridized carbons (Fsp3) is 0.800. The van der Waals surface area contributed by atoms with Crippen molar-refractivity contribution < 1.29 is 14.3 Å². The largest absolute Gasteiger partial charge is 0.438 e. The lowest BCUT2D eigenvalue weighted by Gasteiger charge is -1.94. The second-order valence-electron chi connectivity index (χ2n) is 1.65. The maximum absolute atomic E-state index is 10.4. The van der Waals surface area contributed by atoms with Crippen LogP contribution in [0.15, 0.2) is 0 Å². The summed E-state index contributed by atoms with van der Waals surface area (Å²) in [5, 5.41) is 0. The zero-order valence-electron chi connectivity index (χ0n) is 4.55. The van der Waals surface area contributed by atoms with Crippen molar-refractivity contribution in [2.45, 2.75) is 12.8 Å². The van der Waals surface area contributed by atoms with Crippen LogP contribution in [0.1, 0.15) is 12.8 Å². The van der Waals surface area contributed by atoms with Crippen LogP contribution in [0.4, 0.5) is 0 Å². The summed E-state index contributed by atoms with van der Waals surface area (Å²) in [6.45, 7) is 0.782. The Kier molecular flexibility index (Phi) is 1.86. The van der Waals surface area contributed by atoms with Crippen molar-refractivity contribution in [3.05, 3.63) is 0 Å². The van der Waals surface area contributed by atoms with Gasteiger partial charge in [0.25, 0.3) is 0 Å². The Labute approximate surface area is 47.6 Å². The van der Waals surface area contributed by atoms with Crippen LogP contribution in [0.3, 0.4) is 0 Å². The monoisotopic (exact) mass is 116 g/mol. The van der Waals surface area contributed by atoms with Crippen LogP contribution in [-0.2, 0) is 14.3 Å². The predicted molar refractivity (Wildman–Crippen MR) is 26.1 cm³/mol. The number of esters is 1. The van der Waals surface area contributed by atoms with Gasteiger partial charge in [-0.1, -0.05) is 0 Å². The normalized spacial score (nSPS) is 21.8. The van der Waals surface area contributed by atoms with Crippen LogP contribution in [0, 0.1) is 0 Å². The first-order valence-corrected chi connectivity index (χ1v) is 2.63. The molecule has 0 N–H and O–H groups in total. The van der Waals surface area contributed by atoms with E-state index in [-0.39, 0.29) is 12.8 Å². The molecule has 3 heteroatoms. The number of carbonyl (C=O) groups is 1. The van der Waals surface area contributed by atoms with Gasteiger partial charge in [0.15, 0.2) is 6.79 Å². The third-order valence-electron chi connectivity index (χ3n) is 0.973. The van der Waals surface area contributed by atoms with Gasteiger partial charge in [-0.15, -0.1) is 0 Å². The highest BCUT2D eigenvalue weighted by molar-refractivity contribution is 5.69. The van der Waals surface area contributed by atoms with E-state index in [4.69, 9.17) is 4.74 Å². The van der Waals surface area contributed by atoms with Crippen LogP contribution in [-0.4, -0.2) is 19.4 Å². The van der Waals surface area contributed by atoms with Gasteiger partial charge in [0, 0.05) is 6.42 Å². The first kappa shape index (κ1) is 5.56. The number of rotatable bonds is 0. The summed E-state index contributed by atoms with van der Waals surface area (Å²) in [6.07, 6.45) is 1.29. The first-order valence-electron chi connectivity index (χ1n) is 2.63. The molecule has 0 bridgehead atoms. The second-order valence-corrected chi connectivity index (χ2v) is 1.65. The molecule has 0 amide bonds. The third-order valence-corrected chi connectivity index (χ3v) is 0.973. The van der Waals surface area contributed by atoms with Gasteiger partial charge in [0.1, 0.15) is 0 Å². The minimum Gasteiger partial charge on any atom is -0.438 e. The third kappa shape index (κ3) is 1.50. The maximum atomic E-state index is 10.4. The summed E-state index contributed by atoms with van der Waals surface area (Å²) in [5.41, 5.74) is 0. The topological polar surface area (TPSA) is 35.5 Å². The van der Waals surface area contributed by atoms with Crippen molar-refractivity contribution in [3.8, 4) is 0 Å². The average Bonchev–Trinajstić information content (AvgIpc) is 1.94. The average molecular weight is 116 g/mol. The van der Waals surface area contributed by atoms with E-state index in [1.54, 1.807) is 0 Å². The lowest BCUT2D eigenvalue weighted by molar-refractivity contribution is -0.151. The minimum atomic E-state index is -0.150. The van der Waals surface area contributed by atoms with E-state index < -0.39 is 0 Å². The van der Waals surface area contributed by atoms with Crippen molar-refractivity contribution in [3.63, 3.8) is 0 Å². The highest BCUT2D eigenvalue weighted by Gasteiger charge is 2.05. The summed E-state index contributed by atoms with van der Waals surface area (Å²) in [6, 6.07) is 0. The lowest BCUT2D eigenvalue weighted by atomic mass is 10.3. The maximum Gasteiger partial charge on any atom is 0.307 e. The molecule has 0 aromatic heterocycles.